The zero-order valence-electron chi connectivity index (χ0n) is 9.38. The van der Waals surface area contributed by atoms with E-state index in [1.165, 1.54) is 13.8 Å². The van der Waals surface area contributed by atoms with Crippen LogP contribution in [0.3, 0.4) is 0 Å². The van der Waals surface area contributed by atoms with Crippen molar-refractivity contribution in [3.05, 3.63) is 0 Å². The van der Waals surface area contributed by atoms with Gasteiger partial charge in [-0.1, -0.05) is 0 Å². The molecular formula is C7H14I5O5-. The molecule has 0 aliphatic carbocycles. The number of hydrogen-bond acceptors (Lipinski definition) is 5. The van der Waals surface area contributed by atoms with Gasteiger partial charge in [0, 0.05) is 51.1 Å². The van der Waals surface area contributed by atoms with E-state index in [0.717, 1.165) is 0 Å². The molecule has 0 amide bonds. The Morgan fingerprint density at radius 1 is 1.12 bits per heavy atom. The normalized spacial score (nSPS) is 7.06. The van der Waals surface area contributed by atoms with Crippen molar-refractivity contribution in [2.24, 2.45) is 0 Å². The molecule has 0 saturated heterocycles. The van der Waals surface area contributed by atoms with E-state index in [4.69, 9.17) is 5.11 Å². The van der Waals surface area contributed by atoms with Crippen molar-refractivity contribution in [3.63, 3.8) is 0 Å². The summed E-state index contributed by atoms with van der Waals surface area (Å²) < 4.78 is 8.36. The maximum atomic E-state index is 9.82. The molecule has 0 atom stereocenters. The average Bonchev–Trinajstić information content (AvgIpc) is 2.22. The number of aliphatic hydroxyl groups excluding tert-OH is 1. The van der Waals surface area contributed by atoms with Crippen LogP contribution in [0.15, 0.2) is 0 Å². The number of esters is 2. The minimum absolute atomic E-state index is 0.211. The second-order valence-corrected chi connectivity index (χ2v) is 18.0. The summed E-state index contributed by atoms with van der Waals surface area (Å²) in [5, 5.41) is 7.79. The van der Waals surface area contributed by atoms with Gasteiger partial charge in [-0.3, -0.25) is 9.59 Å². The fraction of sp³-hybridized carbons (Fsp3) is 0.714. The number of carbonyl (C=O) groups excluding carboxylic acids is 2. The summed E-state index contributed by atoms with van der Waals surface area (Å²) in [5.74, 6) is -0.671. The van der Waals surface area contributed by atoms with E-state index >= 15 is 0 Å². The maximum absolute atomic E-state index is 9.82. The topological polar surface area (TPSA) is 72.8 Å². The van der Waals surface area contributed by atoms with Crippen LogP contribution >= 0.6 is 74.5 Å². The number of aliphatic hydroxyl groups is 1. The molecule has 0 aliphatic rings. The third kappa shape index (κ3) is 69.5. The van der Waals surface area contributed by atoms with Crippen molar-refractivity contribution < 1.29 is 37.4 Å². The zero-order chi connectivity index (χ0) is 14.7. The van der Waals surface area contributed by atoms with Gasteiger partial charge in [0.25, 0.3) is 0 Å². The Labute approximate surface area is 155 Å². The Hall–Kier alpha value is 2.55. The molecule has 108 valence electrons. The standard InChI is InChI=1S/C4H8O2.C3H6O3.I3.I2/c1-3-6-4(2)5;1-3(5)6-2-4;1-3-2;1-2/h3H2,1-2H3;4H,2H2,1H3;;/q;;-1;. The minimum atomic E-state index is -0.519. The van der Waals surface area contributed by atoms with Crippen LogP contribution in [-0.4, -0.2) is 30.4 Å². The van der Waals surface area contributed by atoms with Crippen molar-refractivity contribution in [1.82, 2.24) is 0 Å². The molecule has 0 saturated carbocycles. The Morgan fingerprint density at radius 2 is 1.41 bits per heavy atom. The quantitative estimate of drug-likeness (QED) is 0.252. The Kier molecular flexibility index (Phi) is 50.9. The van der Waals surface area contributed by atoms with Crippen LogP contribution in [0.25, 0.3) is 0 Å². The van der Waals surface area contributed by atoms with E-state index in [9.17, 15) is 9.59 Å². The van der Waals surface area contributed by atoms with Gasteiger partial charge in [-0.05, 0) is 6.92 Å². The number of hydrogen-bond donors (Lipinski definition) is 1. The first-order valence-corrected chi connectivity index (χ1v) is 22.7. The fourth-order valence-corrected chi connectivity index (χ4v) is 0.294. The molecule has 0 rings (SSSR count). The summed E-state index contributed by atoms with van der Waals surface area (Å²) >= 11 is 9.54. The zero-order valence-corrected chi connectivity index (χ0v) is 20.2. The first-order chi connectivity index (χ1) is 7.95. The molecule has 10 heteroatoms. The number of rotatable bonds is 2. The Bertz CT molecular complexity index is 142. The predicted octanol–water partition coefficient (Wildman–Crippen LogP) is 0.616. The van der Waals surface area contributed by atoms with Crippen molar-refractivity contribution >= 4 is 86.4 Å². The van der Waals surface area contributed by atoms with Gasteiger partial charge in [-0.25, -0.2) is 0 Å². The molecule has 0 aliphatic heterocycles. The van der Waals surface area contributed by atoms with Crippen LogP contribution in [0.2, 0.25) is 0 Å². The molecule has 0 heterocycles. The van der Waals surface area contributed by atoms with Crippen LogP contribution in [0, 0.1) is 0 Å². The van der Waals surface area contributed by atoms with E-state index in [2.05, 4.69) is 83.9 Å². The van der Waals surface area contributed by atoms with E-state index in [-0.39, 0.29) is 5.97 Å². The Morgan fingerprint density at radius 3 is 1.41 bits per heavy atom. The molecule has 0 spiro atoms. The first kappa shape index (κ1) is 27.8. The van der Waals surface area contributed by atoms with Gasteiger partial charge in [-0.15, -0.1) is 0 Å². The van der Waals surface area contributed by atoms with E-state index in [0.29, 0.717) is 19.9 Å². The summed E-state index contributed by atoms with van der Waals surface area (Å²) in [6.07, 6.45) is 0. The number of halogens is 5. The van der Waals surface area contributed by atoms with Crippen molar-refractivity contribution in [2.75, 3.05) is 13.4 Å². The van der Waals surface area contributed by atoms with E-state index in [1.54, 1.807) is 6.92 Å². The second-order valence-electron chi connectivity index (χ2n) is 1.74. The van der Waals surface area contributed by atoms with Crippen molar-refractivity contribution in [1.29, 1.82) is 0 Å². The molecule has 0 aromatic carbocycles. The second kappa shape index (κ2) is 31.1. The van der Waals surface area contributed by atoms with Gasteiger partial charge < -0.3 is 14.6 Å². The van der Waals surface area contributed by atoms with Crippen molar-refractivity contribution in [3.8, 4) is 0 Å². The molecule has 0 bridgehead atoms. The van der Waals surface area contributed by atoms with Gasteiger partial charge in [0.1, 0.15) is 0 Å². The van der Waals surface area contributed by atoms with Crippen LogP contribution in [-0.2, 0) is 19.1 Å². The monoisotopic (exact) mass is 813 g/mol. The molecule has 1 N–H and O–H groups in total. The molecule has 17 heavy (non-hydrogen) atoms. The molecule has 0 aromatic heterocycles. The summed E-state index contributed by atoms with van der Waals surface area (Å²) in [7, 11) is 0. The summed E-state index contributed by atoms with van der Waals surface area (Å²) in [6, 6.07) is 0. The fourth-order valence-electron chi connectivity index (χ4n) is 0.294. The Balaban J connectivity index is -0.0000000727. The van der Waals surface area contributed by atoms with Gasteiger partial charge in [0.15, 0.2) is 6.79 Å². The van der Waals surface area contributed by atoms with Crippen LogP contribution in [0.5, 0.6) is 0 Å². The van der Waals surface area contributed by atoms with Gasteiger partial charge in [0.2, 0.25) is 0 Å². The number of ether oxygens (including phenoxy) is 2. The molecule has 0 fully saturated rings. The number of carbonyl (C=O) groups is 2. The SMILES string of the molecule is CC(=O)OCO.CCOC(C)=O.II.I[I-]I. The molecule has 0 unspecified atom stereocenters. The van der Waals surface area contributed by atoms with Crippen LogP contribution in [0.1, 0.15) is 20.8 Å². The third-order valence-corrected chi connectivity index (χ3v) is 0.615. The average molecular weight is 813 g/mol. The molecule has 0 aromatic rings. The van der Waals surface area contributed by atoms with Crippen molar-refractivity contribution in [2.45, 2.75) is 20.8 Å². The van der Waals surface area contributed by atoms with Gasteiger partial charge in [-0.2, -0.15) is 0 Å². The first-order valence-electron chi connectivity index (χ1n) is 3.85. The van der Waals surface area contributed by atoms with Gasteiger partial charge >= 0.3 is 62.4 Å². The summed E-state index contributed by atoms with van der Waals surface area (Å²) in [6.45, 7) is 4.37. The van der Waals surface area contributed by atoms with E-state index in [1.807, 2.05) is 0 Å². The summed E-state index contributed by atoms with van der Waals surface area (Å²) in [5.41, 5.74) is 0. The molecule has 0 radical (unpaired) electrons. The predicted molar refractivity (Wildman–Crippen MR) is 97.2 cm³/mol. The van der Waals surface area contributed by atoms with Crippen LogP contribution in [0.4, 0.5) is 0 Å². The summed E-state index contributed by atoms with van der Waals surface area (Å²) in [4.78, 5) is 19.5. The molecule has 5 nitrogen and oxygen atoms in total. The van der Waals surface area contributed by atoms with E-state index < -0.39 is 12.8 Å². The molecular weight excluding hydrogens is 799 g/mol. The third-order valence-electron chi connectivity index (χ3n) is 0.615. The van der Waals surface area contributed by atoms with Gasteiger partial charge in [0.05, 0.1) is 6.61 Å². The van der Waals surface area contributed by atoms with Crippen LogP contribution < -0.4 is 13.3 Å².